The highest BCUT2D eigenvalue weighted by atomic mass is 35.5. The number of ether oxygens (including phenoxy) is 1. The first-order valence-electron chi connectivity index (χ1n) is 5.19. The van der Waals surface area contributed by atoms with E-state index in [1.165, 1.54) is 12.1 Å². The molecule has 0 aliphatic carbocycles. The van der Waals surface area contributed by atoms with Crippen LogP contribution < -0.4 is 10.1 Å². The van der Waals surface area contributed by atoms with Crippen LogP contribution in [0.5, 0.6) is 5.75 Å². The molecule has 0 radical (unpaired) electrons. The number of hydrogen-bond donors (Lipinski definition) is 2. The molecule has 1 aliphatic heterocycles. The first kappa shape index (κ1) is 15.1. The Hall–Kier alpha value is -0.980. The van der Waals surface area contributed by atoms with Gasteiger partial charge in [0.2, 0.25) is 0 Å². The number of β-amino-alcohol motifs (C(OH)–C–C–N with tert-alkyl or cyclic N) is 1. The fourth-order valence-corrected chi connectivity index (χ4v) is 1.68. The highest BCUT2D eigenvalue weighted by molar-refractivity contribution is 5.85. The van der Waals surface area contributed by atoms with E-state index < -0.39 is 23.9 Å². The molecule has 2 atom stereocenters. The van der Waals surface area contributed by atoms with Crippen LogP contribution >= 0.6 is 12.4 Å². The number of rotatable bonds is 2. The van der Waals surface area contributed by atoms with Crippen molar-refractivity contribution in [3.63, 3.8) is 0 Å². The van der Waals surface area contributed by atoms with Crippen molar-refractivity contribution in [2.45, 2.75) is 18.4 Å². The van der Waals surface area contributed by atoms with Gasteiger partial charge in [-0.2, -0.15) is 13.2 Å². The van der Waals surface area contributed by atoms with Crippen molar-refractivity contribution in [1.29, 1.82) is 0 Å². The standard InChI is InChI=1S/C11H12F3NO2.ClH/c12-11(13,14)7-2-1-3-8(4-7)17-10-6-15-5-9(10)16;/h1-4,9-10,15-16H,5-6H2;1H. The molecule has 0 spiro atoms. The number of halogens is 4. The summed E-state index contributed by atoms with van der Waals surface area (Å²) < 4.78 is 42.6. The Morgan fingerprint density at radius 1 is 1.28 bits per heavy atom. The molecule has 1 aromatic rings. The van der Waals surface area contributed by atoms with Gasteiger partial charge in [0.1, 0.15) is 18.0 Å². The first-order valence-corrected chi connectivity index (χ1v) is 5.19. The van der Waals surface area contributed by atoms with E-state index in [-0.39, 0.29) is 18.2 Å². The zero-order chi connectivity index (χ0) is 12.5. The molecule has 0 saturated carbocycles. The van der Waals surface area contributed by atoms with Gasteiger partial charge in [-0.25, -0.2) is 0 Å². The molecule has 3 nitrogen and oxygen atoms in total. The zero-order valence-corrected chi connectivity index (χ0v) is 10.1. The maximum atomic E-state index is 12.4. The first-order chi connectivity index (χ1) is 7.97. The summed E-state index contributed by atoms with van der Waals surface area (Å²) in [5.41, 5.74) is -0.754. The molecule has 0 aromatic heterocycles. The van der Waals surface area contributed by atoms with E-state index in [4.69, 9.17) is 4.74 Å². The lowest BCUT2D eigenvalue weighted by atomic mass is 10.2. The molecule has 2 unspecified atom stereocenters. The summed E-state index contributed by atoms with van der Waals surface area (Å²) in [5.74, 6) is 0.118. The van der Waals surface area contributed by atoms with E-state index in [2.05, 4.69) is 5.32 Å². The average molecular weight is 284 g/mol. The van der Waals surface area contributed by atoms with Crippen LogP contribution in [0, 0.1) is 0 Å². The summed E-state index contributed by atoms with van der Waals surface area (Å²) in [6.45, 7) is 0.820. The molecule has 2 N–H and O–H groups in total. The number of aliphatic hydroxyl groups excluding tert-OH is 1. The second-order valence-corrected chi connectivity index (χ2v) is 3.91. The SMILES string of the molecule is Cl.OC1CNCC1Oc1cccc(C(F)(F)F)c1. The maximum Gasteiger partial charge on any atom is 0.416 e. The van der Waals surface area contributed by atoms with Crippen molar-refractivity contribution in [3.05, 3.63) is 29.8 Å². The molecule has 18 heavy (non-hydrogen) atoms. The quantitative estimate of drug-likeness (QED) is 0.870. The molecular formula is C11H13ClF3NO2. The Balaban J connectivity index is 0.00000162. The summed E-state index contributed by atoms with van der Waals surface area (Å²) in [4.78, 5) is 0. The van der Waals surface area contributed by atoms with Gasteiger partial charge in [0.25, 0.3) is 0 Å². The van der Waals surface area contributed by atoms with Gasteiger partial charge in [-0.15, -0.1) is 12.4 Å². The number of nitrogens with one attached hydrogen (secondary N) is 1. The zero-order valence-electron chi connectivity index (χ0n) is 9.28. The van der Waals surface area contributed by atoms with Crippen LogP contribution in [-0.2, 0) is 6.18 Å². The highest BCUT2D eigenvalue weighted by Gasteiger charge is 2.31. The largest absolute Gasteiger partial charge is 0.486 e. The summed E-state index contributed by atoms with van der Waals surface area (Å²) >= 11 is 0. The summed E-state index contributed by atoms with van der Waals surface area (Å²) in [6, 6.07) is 4.65. The topological polar surface area (TPSA) is 41.5 Å². The van der Waals surface area contributed by atoms with Crippen LogP contribution in [0.2, 0.25) is 0 Å². The van der Waals surface area contributed by atoms with Crippen molar-refractivity contribution < 1.29 is 23.0 Å². The second-order valence-electron chi connectivity index (χ2n) is 3.91. The van der Waals surface area contributed by atoms with Crippen molar-refractivity contribution in [2.24, 2.45) is 0 Å². The molecule has 0 amide bonds. The van der Waals surface area contributed by atoms with Gasteiger partial charge in [-0.3, -0.25) is 0 Å². The van der Waals surface area contributed by atoms with E-state index >= 15 is 0 Å². The summed E-state index contributed by atoms with van der Waals surface area (Å²) in [5, 5.41) is 12.4. The van der Waals surface area contributed by atoms with Gasteiger partial charge in [0.15, 0.2) is 0 Å². The Labute approximate surface area is 108 Å². The molecule has 1 heterocycles. The Morgan fingerprint density at radius 2 is 2.00 bits per heavy atom. The summed E-state index contributed by atoms with van der Waals surface area (Å²) in [6.07, 6.45) is -5.57. The fraction of sp³-hybridized carbons (Fsp3) is 0.455. The van der Waals surface area contributed by atoms with E-state index in [1.54, 1.807) is 0 Å². The molecule has 1 aromatic carbocycles. The van der Waals surface area contributed by atoms with Crippen LogP contribution in [0.4, 0.5) is 13.2 Å². The Bertz CT molecular complexity index is 400. The minimum atomic E-state index is -4.38. The van der Waals surface area contributed by atoms with Gasteiger partial charge in [0.05, 0.1) is 5.56 Å². The molecule has 7 heteroatoms. The fourth-order valence-electron chi connectivity index (χ4n) is 1.68. The lowest BCUT2D eigenvalue weighted by molar-refractivity contribution is -0.137. The molecular weight excluding hydrogens is 271 g/mol. The molecule has 1 aliphatic rings. The Kier molecular flexibility index (Phi) is 4.84. The molecule has 0 bridgehead atoms. The van der Waals surface area contributed by atoms with E-state index in [0.29, 0.717) is 13.1 Å². The predicted molar refractivity (Wildman–Crippen MR) is 62.0 cm³/mol. The molecule has 1 fully saturated rings. The van der Waals surface area contributed by atoms with Crippen molar-refractivity contribution in [3.8, 4) is 5.75 Å². The van der Waals surface area contributed by atoms with Crippen molar-refractivity contribution in [1.82, 2.24) is 5.32 Å². The molecule has 102 valence electrons. The third kappa shape index (κ3) is 3.51. The predicted octanol–water partition coefficient (Wildman–Crippen LogP) is 1.84. The number of hydrogen-bond acceptors (Lipinski definition) is 3. The van der Waals surface area contributed by atoms with Gasteiger partial charge >= 0.3 is 6.18 Å². The van der Waals surface area contributed by atoms with Crippen LogP contribution in [0.3, 0.4) is 0 Å². The minimum absolute atomic E-state index is 0. The number of alkyl halides is 3. The van der Waals surface area contributed by atoms with Gasteiger partial charge in [-0.1, -0.05) is 6.07 Å². The van der Waals surface area contributed by atoms with Crippen LogP contribution in [-0.4, -0.2) is 30.4 Å². The van der Waals surface area contributed by atoms with E-state index in [9.17, 15) is 18.3 Å². The van der Waals surface area contributed by atoms with Gasteiger partial charge in [0, 0.05) is 13.1 Å². The lowest BCUT2D eigenvalue weighted by Gasteiger charge is -2.17. The van der Waals surface area contributed by atoms with Crippen LogP contribution in [0.25, 0.3) is 0 Å². The van der Waals surface area contributed by atoms with Gasteiger partial charge < -0.3 is 15.2 Å². The second kappa shape index (κ2) is 5.77. The third-order valence-corrected chi connectivity index (χ3v) is 2.58. The van der Waals surface area contributed by atoms with Crippen LogP contribution in [0.15, 0.2) is 24.3 Å². The monoisotopic (exact) mass is 283 g/mol. The summed E-state index contributed by atoms with van der Waals surface area (Å²) in [7, 11) is 0. The van der Waals surface area contributed by atoms with Crippen LogP contribution in [0.1, 0.15) is 5.56 Å². The Morgan fingerprint density at radius 3 is 2.56 bits per heavy atom. The normalized spacial score (nSPS) is 23.6. The number of aliphatic hydroxyl groups is 1. The number of benzene rings is 1. The minimum Gasteiger partial charge on any atom is -0.486 e. The van der Waals surface area contributed by atoms with Crippen molar-refractivity contribution >= 4 is 12.4 Å². The third-order valence-electron chi connectivity index (χ3n) is 2.58. The van der Waals surface area contributed by atoms with Crippen molar-refractivity contribution in [2.75, 3.05) is 13.1 Å². The molecule has 2 rings (SSSR count). The smallest absolute Gasteiger partial charge is 0.416 e. The average Bonchev–Trinajstić information content (AvgIpc) is 2.64. The molecule has 1 saturated heterocycles. The van der Waals surface area contributed by atoms with E-state index in [0.717, 1.165) is 12.1 Å². The lowest BCUT2D eigenvalue weighted by Crippen LogP contribution is -2.29. The highest BCUT2D eigenvalue weighted by Crippen LogP contribution is 2.31. The maximum absolute atomic E-state index is 12.4. The van der Waals surface area contributed by atoms with Gasteiger partial charge in [-0.05, 0) is 18.2 Å². The van der Waals surface area contributed by atoms with E-state index in [1.807, 2.05) is 0 Å².